The van der Waals surface area contributed by atoms with Gasteiger partial charge in [-0.05, 0) is 25.7 Å². The highest BCUT2D eigenvalue weighted by atomic mass is 16.5. The lowest BCUT2D eigenvalue weighted by atomic mass is 10.0. The number of esters is 1. The molecule has 0 fully saturated rings. The van der Waals surface area contributed by atoms with Crippen molar-refractivity contribution < 1.29 is 24.5 Å². The number of aliphatic hydroxyl groups is 2. The predicted octanol–water partition coefficient (Wildman–Crippen LogP) is 21.0. The van der Waals surface area contributed by atoms with E-state index in [2.05, 4.69) is 19.2 Å². The van der Waals surface area contributed by atoms with Crippen molar-refractivity contribution >= 4 is 11.9 Å². The third kappa shape index (κ3) is 58.1. The Bertz CT molecular complexity index is 1040. The number of carbonyl (C=O) groups excluding carboxylic acids is 2. The molecule has 0 spiro atoms. The summed E-state index contributed by atoms with van der Waals surface area (Å²) in [5.74, 6) is -0.0111. The van der Waals surface area contributed by atoms with Crippen molar-refractivity contribution in [1.29, 1.82) is 0 Å². The van der Waals surface area contributed by atoms with Crippen LogP contribution in [0.1, 0.15) is 386 Å². The molecular weight excluding hydrogens is 887 g/mol. The lowest BCUT2D eigenvalue weighted by Crippen LogP contribution is -2.45. The van der Waals surface area contributed by atoms with Crippen LogP contribution in [0.4, 0.5) is 0 Å². The van der Waals surface area contributed by atoms with Crippen LogP contribution < -0.4 is 5.32 Å². The first-order valence-electron chi connectivity index (χ1n) is 33.3. The van der Waals surface area contributed by atoms with Crippen LogP contribution in [-0.4, -0.2) is 47.4 Å². The number of nitrogens with one attached hydrogen (secondary N) is 1. The largest absolute Gasteiger partial charge is 0.466 e. The lowest BCUT2D eigenvalue weighted by molar-refractivity contribution is -0.143. The summed E-state index contributed by atoms with van der Waals surface area (Å²) >= 11 is 0. The Kier molecular flexibility index (Phi) is 61.4. The average molecular weight is 1020 g/mol. The van der Waals surface area contributed by atoms with Gasteiger partial charge in [0.15, 0.2) is 0 Å². The molecule has 2 atom stereocenters. The van der Waals surface area contributed by atoms with Gasteiger partial charge in [0.1, 0.15) is 0 Å². The van der Waals surface area contributed by atoms with Gasteiger partial charge in [0.25, 0.3) is 0 Å². The van der Waals surface area contributed by atoms with Crippen molar-refractivity contribution in [2.45, 2.75) is 398 Å². The maximum atomic E-state index is 12.5. The van der Waals surface area contributed by atoms with Crippen molar-refractivity contribution in [3.63, 3.8) is 0 Å². The molecular formula is C66H131NO5. The second kappa shape index (κ2) is 62.4. The minimum Gasteiger partial charge on any atom is -0.466 e. The number of aliphatic hydroxyl groups excluding tert-OH is 2. The third-order valence-corrected chi connectivity index (χ3v) is 15.9. The van der Waals surface area contributed by atoms with Gasteiger partial charge in [-0.1, -0.05) is 348 Å². The topological polar surface area (TPSA) is 95.9 Å². The summed E-state index contributed by atoms with van der Waals surface area (Å²) in [5, 5.41) is 23.4. The zero-order chi connectivity index (χ0) is 52.2. The van der Waals surface area contributed by atoms with E-state index in [0.29, 0.717) is 25.9 Å². The number of ether oxygens (including phenoxy) is 1. The molecule has 0 radical (unpaired) electrons. The Morgan fingerprint density at radius 3 is 0.847 bits per heavy atom. The normalized spacial score (nSPS) is 12.4. The molecule has 0 aromatic rings. The summed E-state index contributed by atoms with van der Waals surface area (Å²) in [6.07, 6.45) is 74.1. The van der Waals surface area contributed by atoms with Crippen LogP contribution in [0, 0.1) is 0 Å². The SMILES string of the molecule is CCCCCCCCCCCCCCCCCCCCC(O)C(CO)NC(=O)CCCCCCCCCCCCCCCCCCCCCCCCCCOC(=O)CCCCCCCCCCCCCCC. The van der Waals surface area contributed by atoms with Gasteiger partial charge < -0.3 is 20.3 Å². The number of carbonyl (C=O) groups is 2. The fourth-order valence-corrected chi connectivity index (χ4v) is 10.8. The monoisotopic (exact) mass is 1020 g/mol. The van der Waals surface area contributed by atoms with Crippen molar-refractivity contribution in [3.8, 4) is 0 Å². The van der Waals surface area contributed by atoms with E-state index in [9.17, 15) is 19.8 Å². The molecule has 430 valence electrons. The molecule has 3 N–H and O–H groups in total. The molecule has 72 heavy (non-hydrogen) atoms. The summed E-state index contributed by atoms with van der Waals surface area (Å²) in [5.41, 5.74) is 0. The van der Waals surface area contributed by atoms with Crippen LogP contribution in [0.3, 0.4) is 0 Å². The maximum Gasteiger partial charge on any atom is 0.305 e. The Morgan fingerprint density at radius 1 is 0.333 bits per heavy atom. The highest BCUT2D eigenvalue weighted by molar-refractivity contribution is 5.76. The predicted molar refractivity (Wildman–Crippen MR) is 315 cm³/mol. The second-order valence-electron chi connectivity index (χ2n) is 23.2. The van der Waals surface area contributed by atoms with Gasteiger partial charge in [0.05, 0.1) is 25.4 Å². The molecule has 0 bridgehead atoms. The molecule has 6 nitrogen and oxygen atoms in total. The van der Waals surface area contributed by atoms with Crippen LogP contribution in [0.2, 0.25) is 0 Å². The molecule has 0 rings (SSSR count). The number of hydrogen-bond donors (Lipinski definition) is 3. The minimum atomic E-state index is -0.663. The molecule has 0 saturated carbocycles. The number of amides is 1. The second-order valence-corrected chi connectivity index (χ2v) is 23.2. The van der Waals surface area contributed by atoms with E-state index >= 15 is 0 Å². The number of hydrogen-bond acceptors (Lipinski definition) is 5. The first-order valence-corrected chi connectivity index (χ1v) is 33.3. The van der Waals surface area contributed by atoms with Crippen LogP contribution >= 0.6 is 0 Å². The molecule has 6 heteroatoms. The van der Waals surface area contributed by atoms with E-state index in [1.54, 1.807) is 0 Å². The molecule has 0 heterocycles. The van der Waals surface area contributed by atoms with Crippen molar-refractivity contribution in [1.82, 2.24) is 5.32 Å². The summed E-state index contributed by atoms with van der Waals surface area (Å²) < 4.78 is 5.49. The number of rotatable bonds is 63. The lowest BCUT2D eigenvalue weighted by Gasteiger charge is -2.22. The van der Waals surface area contributed by atoms with Crippen molar-refractivity contribution in [2.24, 2.45) is 0 Å². The quantitative estimate of drug-likeness (QED) is 0.0417. The Balaban J connectivity index is 3.35. The molecule has 0 aliphatic heterocycles. The molecule has 1 amide bonds. The fraction of sp³-hybridized carbons (Fsp3) is 0.970. The van der Waals surface area contributed by atoms with Gasteiger partial charge in [0.2, 0.25) is 5.91 Å². The Morgan fingerprint density at radius 2 is 0.569 bits per heavy atom. The fourth-order valence-electron chi connectivity index (χ4n) is 10.8. The van der Waals surface area contributed by atoms with E-state index in [4.69, 9.17) is 4.74 Å². The van der Waals surface area contributed by atoms with Gasteiger partial charge in [-0.3, -0.25) is 9.59 Å². The molecule has 0 aromatic heterocycles. The van der Waals surface area contributed by atoms with Crippen LogP contribution in [0.15, 0.2) is 0 Å². The first kappa shape index (κ1) is 70.9. The van der Waals surface area contributed by atoms with Gasteiger partial charge in [0, 0.05) is 12.8 Å². The number of unbranched alkanes of at least 4 members (excludes halogenated alkanes) is 52. The van der Waals surface area contributed by atoms with Gasteiger partial charge >= 0.3 is 5.97 Å². The van der Waals surface area contributed by atoms with Crippen molar-refractivity contribution in [2.75, 3.05) is 13.2 Å². The molecule has 0 aliphatic carbocycles. The van der Waals surface area contributed by atoms with Crippen LogP contribution in [0.5, 0.6) is 0 Å². The highest BCUT2D eigenvalue weighted by Gasteiger charge is 2.20. The van der Waals surface area contributed by atoms with E-state index in [-0.39, 0.29) is 18.5 Å². The molecule has 2 unspecified atom stereocenters. The van der Waals surface area contributed by atoms with E-state index in [1.807, 2.05) is 0 Å². The van der Waals surface area contributed by atoms with E-state index < -0.39 is 12.1 Å². The van der Waals surface area contributed by atoms with E-state index in [0.717, 1.165) is 38.5 Å². The Labute approximate surface area is 451 Å². The Hall–Kier alpha value is -1.14. The molecule has 0 saturated heterocycles. The van der Waals surface area contributed by atoms with Gasteiger partial charge in [-0.15, -0.1) is 0 Å². The molecule has 0 aromatic carbocycles. The molecule has 0 aliphatic rings. The maximum absolute atomic E-state index is 12.5. The third-order valence-electron chi connectivity index (χ3n) is 15.9. The van der Waals surface area contributed by atoms with Crippen LogP contribution in [0.25, 0.3) is 0 Å². The van der Waals surface area contributed by atoms with Crippen LogP contribution in [-0.2, 0) is 14.3 Å². The smallest absolute Gasteiger partial charge is 0.305 e. The van der Waals surface area contributed by atoms with E-state index in [1.165, 1.54) is 315 Å². The van der Waals surface area contributed by atoms with Gasteiger partial charge in [-0.25, -0.2) is 0 Å². The zero-order valence-electron chi connectivity index (χ0n) is 49.2. The summed E-state index contributed by atoms with van der Waals surface area (Å²) in [6, 6.07) is -0.540. The zero-order valence-corrected chi connectivity index (χ0v) is 49.2. The first-order chi connectivity index (χ1) is 35.5. The summed E-state index contributed by atoms with van der Waals surface area (Å²) in [4.78, 5) is 24.6. The summed E-state index contributed by atoms with van der Waals surface area (Å²) in [7, 11) is 0. The van der Waals surface area contributed by atoms with Crippen molar-refractivity contribution in [3.05, 3.63) is 0 Å². The summed E-state index contributed by atoms with van der Waals surface area (Å²) in [6.45, 7) is 4.99. The highest BCUT2D eigenvalue weighted by Crippen LogP contribution is 2.19. The average Bonchev–Trinajstić information content (AvgIpc) is 3.38. The standard InChI is InChI=1S/C66H131NO5/c1-3-5-7-9-11-13-15-17-18-19-28-31-35-38-42-46-50-54-58-64(69)63(62-68)67-65(70)59-55-51-47-43-39-36-32-29-26-24-22-20-21-23-25-27-30-33-37-41-45-49-53-57-61-72-66(71)60-56-52-48-44-40-34-16-14-12-10-8-6-4-2/h63-64,68-69H,3-62H2,1-2H3,(H,67,70). The minimum absolute atomic E-state index is 0.0182. The van der Waals surface area contributed by atoms with Gasteiger partial charge in [-0.2, -0.15) is 0 Å².